The smallest absolute Gasteiger partial charge is 0.462 e. The van der Waals surface area contributed by atoms with Gasteiger partial charge in [0.25, 0.3) is 0 Å². The third kappa shape index (κ3) is 40.9. The van der Waals surface area contributed by atoms with Gasteiger partial charge >= 0.3 is 19.8 Å². The monoisotopic (exact) mass is 819 g/mol. The Labute approximate surface area is 343 Å². The lowest BCUT2D eigenvalue weighted by Crippen LogP contribution is -2.29. The molecule has 0 aromatic rings. The summed E-state index contributed by atoms with van der Waals surface area (Å²) < 4.78 is 32.8. The maximum atomic E-state index is 12.6. The summed E-state index contributed by atoms with van der Waals surface area (Å²) in [5.74, 6) is -0.922. The third-order valence-electron chi connectivity index (χ3n) is 10.2. The highest BCUT2D eigenvalue weighted by Gasteiger charge is 2.27. The fraction of sp³-hybridized carbons (Fsp3) is 0.911. The predicted octanol–water partition coefficient (Wildman–Crippen LogP) is 12.4. The first-order valence-electron chi connectivity index (χ1n) is 23.1. The quantitative estimate of drug-likeness (QED) is 0.0235. The van der Waals surface area contributed by atoms with Crippen molar-refractivity contribution in [3.8, 4) is 0 Å². The number of aliphatic hydroxyl groups is 2. The molecular weight excluding hydrogens is 731 g/mol. The number of esters is 2. The Bertz CT molecular complexity index is 946. The summed E-state index contributed by atoms with van der Waals surface area (Å²) in [4.78, 5) is 35.0. The minimum Gasteiger partial charge on any atom is -0.462 e. The molecule has 0 aliphatic carbocycles. The van der Waals surface area contributed by atoms with Crippen molar-refractivity contribution in [2.45, 2.75) is 238 Å². The Balaban J connectivity index is 4.21. The van der Waals surface area contributed by atoms with Crippen LogP contribution in [0.15, 0.2) is 12.2 Å². The van der Waals surface area contributed by atoms with Crippen LogP contribution >= 0.6 is 7.82 Å². The van der Waals surface area contributed by atoms with Crippen molar-refractivity contribution in [1.82, 2.24) is 0 Å². The topological polar surface area (TPSA) is 149 Å². The molecule has 0 spiro atoms. The van der Waals surface area contributed by atoms with Gasteiger partial charge in [-0.05, 0) is 38.5 Å². The average molecular weight is 819 g/mol. The number of phosphoric acid groups is 1. The van der Waals surface area contributed by atoms with Gasteiger partial charge in [-0.3, -0.25) is 18.6 Å². The van der Waals surface area contributed by atoms with Gasteiger partial charge in [-0.15, -0.1) is 0 Å². The van der Waals surface area contributed by atoms with Crippen molar-refractivity contribution >= 4 is 19.8 Å². The summed E-state index contributed by atoms with van der Waals surface area (Å²) in [6, 6.07) is 0. The van der Waals surface area contributed by atoms with Gasteiger partial charge in [0.1, 0.15) is 12.7 Å². The third-order valence-corrected chi connectivity index (χ3v) is 11.1. The van der Waals surface area contributed by atoms with Crippen LogP contribution in [0.2, 0.25) is 0 Å². The molecule has 0 aliphatic heterocycles. The number of hydrogen-bond donors (Lipinski definition) is 3. The molecule has 0 rings (SSSR count). The fourth-order valence-electron chi connectivity index (χ4n) is 6.58. The van der Waals surface area contributed by atoms with E-state index in [1.165, 1.54) is 135 Å². The van der Waals surface area contributed by atoms with E-state index in [4.69, 9.17) is 23.6 Å². The predicted molar refractivity (Wildman–Crippen MR) is 229 cm³/mol. The van der Waals surface area contributed by atoms with E-state index in [0.29, 0.717) is 12.8 Å². The van der Waals surface area contributed by atoms with Crippen molar-refractivity contribution < 1.29 is 47.8 Å². The zero-order valence-electron chi connectivity index (χ0n) is 36.1. The van der Waals surface area contributed by atoms with Gasteiger partial charge in [-0.1, -0.05) is 187 Å². The molecule has 0 aromatic carbocycles. The van der Waals surface area contributed by atoms with Crippen LogP contribution in [0.4, 0.5) is 0 Å². The van der Waals surface area contributed by atoms with Crippen LogP contribution in [-0.2, 0) is 32.7 Å². The molecule has 332 valence electrons. The molecule has 0 saturated heterocycles. The van der Waals surface area contributed by atoms with Gasteiger partial charge in [0.2, 0.25) is 0 Å². The maximum absolute atomic E-state index is 12.6. The molecular formula is C45H87O10P. The Morgan fingerprint density at radius 2 is 0.875 bits per heavy atom. The number of ether oxygens (including phenoxy) is 2. The zero-order chi connectivity index (χ0) is 41.2. The molecule has 0 fully saturated rings. The van der Waals surface area contributed by atoms with E-state index in [-0.39, 0.29) is 19.4 Å². The Kier molecular flexibility index (Phi) is 40.9. The van der Waals surface area contributed by atoms with Crippen molar-refractivity contribution in [2.75, 3.05) is 26.4 Å². The second-order valence-electron chi connectivity index (χ2n) is 15.8. The van der Waals surface area contributed by atoms with Crippen LogP contribution in [-0.4, -0.2) is 65.7 Å². The van der Waals surface area contributed by atoms with E-state index >= 15 is 0 Å². The lowest BCUT2D eigenvalue weighted by atomic mass is 10.0. The van der Waals surface area contributed by atoms with Crippen molar-refractivity contribution in [3.05, 3.63) is 12.2 Å². The second kappa shape index (κ2) is 41.9. The highest BCUT2D eigenvalue weighted by molar-refractivity contribution is 7.47. The Morgan fingerprint density at radius 1 is 0.518 bits per heavy atom. The SMILES string of the molecule is CCCCCCC/C=C\CCCCCCCC(=O)OC[C@H](COP(=O)(O)OC[C@@H](O)CO)OC(=O)CCCCCCCCCCCCCCCCCCCCC. The van der Waals surface area contributed by atoms with Crippen LogP contribution < -0.4 is 0 Å². The van der Waals surface area contributed by atoms with Gasteiger partial charge in [-0.2, -0.15) is 0 Å². The molecule has 0 aromatic heterocycles. The number of phosphoric ester groups is 1. The van der Waals surface area contributed by atoms with E-state index in [0.717, 1.165) is 51.4 Å². The van der Waals surface area contributed by atoms with Gasteiger partial charge in [0.05, 0.1) is 19.8 Å². The Hall–Kier alpha value is -1.29. The largest absolute Gasteiger partial charge is 0.472 e. The summed E-state index contributed by atoms with van der Waals surface area (Å²) in [5, 5.41) is 18.3. The zero-order valence-corrected chi connectivity index (χ0v) is 37.0. The lowest BCUT2D eigenvalue weighted by molar-refractivity contribution is -0.161. The van der Waals surface area contributed by atoms with Crippen LogP contribution in [0, 0.1) is 0 Å². The number of aliphatic hydroxyl groups excluding tert-OH is 2. The number of unbranched alkanes of at least 4 members (excludes halogenated alkanes) is 28. The summed E-state index contributed by atoms with van der Waals surface area (Å²) in [6.07, 6.45) is 40.3. The lowest BCUT2D eigenvalue weighted by Gasteiger charge is -2.20. The van der Waals surface area contributed by atoms with E-state index in [9.17, 15) is 24.2 Å². The van der Waals surface area contributed by atoms with Crippen molar-refractivity contribution in [3.63, 3.8) is 0 Å². The molecule has 0 saturated carbocycles. The molecule has 0 bridgehead atoms. The van der Waals surface area contributed by atoms with E-state index in [1.807, 2.05) is 0 Å². The number of allylic oxidation sites excluding steroid dienone is 2. The van der Waals surface area contributed by atoms with Crippen molar-refractivity contribution in [2.24, 2.45) is 0 Å². The normalized spacial score (nSPS) is 13.9. The summed E-state index contributed by atoms with van der Waals surface area (Å²) in [7, 11) is -4.61. The first-order valence-corrected chi connectivity index (χ1v) is 24.6. The van der Waals surface area contributed by atoms with E-state index in [1.54, 1.807) is 0 Å². The van der Waals surface area contributed by atoms with E-state index in [2.05, 4.69) is 26.0 Å². The van der Waals surface area contributed by atoms with Crippen LogP contribution in [0.3, 0.4) is 0 Å². The number of carbonyl (C=O) groups excluding carboxylic acids is 2. The van der Waals surface area contributed by atoms with Gasteiger partial charge in [-0.25, -0.2) is 4.57 Å². The highest BCUT2D eigenvalue weighted by atomic mass is 31.2. The number of hydrogen-bond acceptors (Lipinski definition) is 9. The first kappa shape index (κ1) is 54.7. The summed E-state index contributed by atoms with van der Waals surface area (Å²) in [6.45, 7) is 2.40. The van der Waals surface area contributed by atoms with Crippen LogP contribution in [0.5, 0.6) is 0 Å². The first-order chi connectivity index (χ1) is 27.2. The van der Waals surface area contributed by atoms with Crippen molar-refractivity contribution in [1.29, 1.82) is 0 Å². The molecule has 0 heterocycles. The molecule has 56 heavy (non-hydrogen) atoms. The molecule has 0 radical (unpaired) electrons. The maximum Gasteiger partial charge on any atom is 0.472 e. The molecule has 3 N–H and O–H groups in total. The van der Waals surface area contributed by atoms with Gasteiger partial charge in [0, 0.05) is 12.8 Å². The number of carbonyl (C=O) groups is 2. The molecule has 3 atom stereocenters. The fourth-order valence-corrected chi connectivity index (χ4v) is 7.37. The minimum absolute atomic E-state index is 0.189. The molecule has 0 amide bonds. The second-order valence-corrected chi connectivity index (χ2v) is 17.2. The standard InChI is InChI=1S/C45H87O10P/c1-3-5-7-9-11-13-15-17-19-20-21-22-23-25-27-29-31-33-35-37-45(49)55-43(41-54-56(50,51)53-39-42(47)38-46)40-52-44(48)36-34-32-30-28-26-24-18-16-14-12-10-8-6-4-2/h16,18,42-43,46-47H,3-15,17,19-41H2,1-2H3,(H,50,51)/b18-16-/t42-,43+/m0/s1. The summed E-state index contributed by atoms with van der Waals surface area (Å²) in [5.41, 5.74) is 0. The minimum atomic E-state index is -4.61. The molecule has 0 aliphatic rings. The van der Waals surface area contributed by atoms with E-state index < -0.39 is 51.8 Å². The highest BCUT2D eigenvalue weighted by Crippen LogP contribution is 2.43. The van der Waals surface area contributed by atoms with Gasteiger partial charge in [0.15, 0.2) is 6.10 Å². The molecule has 1 unspecified atom stereocenters. The Morgan fingerprint density at radius 3 is 1.29 bits per heavy atom. The van der Waals surface area contributed by atoms with Crippen LogP contribution in [0.25, 0.3) is 0 Å². The average Bonchev–Trinajstić information content (AvgIpc) is 3.19. The molecule has 11 heteroatoms. The van der Waals surface area contributed by atoms with Gasteiger partial charge < -0.3 is 24.6 Å². The summed E-state index contributed by atoms with van der Waals surface area (Å²) >= 11 is 0. The van der Waals surface area contributed by atoms with Crippen LogP contribution in [0.1, 0.15) is 226 Å². The number of rotatable bonds is 44. The molecule has 10 nitrogen and oxygen atoms in total.